The molecule has 0 saturated carbocycles. The standard InChI is InChI=1S/C32H36N4O3S/c1-32(2,3)36-31(39)25-11-7-6-10-22(25)17-29(37)28(35-30(38)26-15-13-23(33)18-27(26)34)19-40-24-14-12-20-8-4-5-9-21(20)16-24/h4-16,18,28-29,37H,17,19,33-34H2,1-3H3,(H,35,38)(H,36,39)/t28-,29+/m0/s1. The molecule has 8 heteroatoms. The highest BCUT2D eigenvalue weighted by molar-refractivity contribution is 7.99. The number of benzene rings is 4. The number of carbonyl (C=O) groups excluding carboxylic acids is 2. The molecule has 7 nitrogen and oxygen atoms in total. The van der Waals surface area contributed by atoms with Crippen molar-refractivity contribution < 1.29 is 14.7 Å². The van der Waals surface area contributed by atoms with Gasteiger partial charge in [-0.15, -0.1) is 11.8 Å². The number of nitrogen functional groups attached to an aromatic ring is 2. The number of amides is 2. The minimum Gasteiger partial charge on any atom is -0.399 e. The maximum atomic E-state index is 13.2. The summed E-state index contributed by atoms with van der Waals surface area (Å²) < 4.78 is 0. The number of nitrogens with two attached hydrogens (primary N) is 2. The van der Waals surface area contributed by atoms with E-state index in [-0.39, 0.29) is 23.6 Å². The normalized spacial score (nSPS) is 13.0. The molecule has 7 N–H and O–H groups in total. The predicted octanol–water partition coefficient (Wildman–Crippen LogP) is 5.03. The summed E-state index contributed by atoms with van der Waals surface area (Å²) in [7, 11) is 0. The fraction of sp³-hybridized carbons (Fsp3) is 0.250. The van der Waals surface area contributed by atoms with Gasteiger partial charge < -0.3 is 27.2 Å². The lowest BCUT2D eigenvalue weighted by molar-refractivity contribution is 0.0850. The molecule has 40 heavy (non-hydrogen) atoms. The molecule has 2 amide bonds. The zero-order chi connectivity index (χ0) is 28.9. The predicted molar refractivity (Wildman–Crippen MR) is 165 cm³/mol. The maximum absolute atomic E-state index is 13.2. The van der Waals surface area contributed by atoms with Crippen molar-refractivity contribution >= 4 is 45.7 Å². The van der Waals surface area contributed by atoms with Gasteiger partial charge in [-0.2, -0.15) is 0 Å². The van der Waals surface area contributed by atoms with Gasteiger partial charge in [-0.3, -0.25) is 9.59 Å². The molecule has 208 valence electrons. The Morgan fingerprint density at radius 2 is 1.55 bits per heavy atom. The fourth-order valence-electron chi connectivity index (χ4n) is 4.42. The van der Waals surface area contributed by atoms with E-state index < -0.39 is 23.6 Å². The van der Waals surface area contributed by atoms with Gasteiger partial charge in [-0.25, -0.2) is 0 Å². The van der Waals surface area contributed by atoms with Crippen LogP contribution in [0.2, 0.25) is 0 Å². The van der Waals surface area contributed by atoms with E-state index in [0.717, 1.165) is 15.7 Å². The second-order valence-corrected chi connectivity index (χ2v) is 12.0. The minimum atomic E-state index is -0.976. The first-order valence-electron chi connectivity index (χ1n) is 13.2. The topological polar surface area (TPSA) is 130 Å². The second-order valence-electron chi connectivity index (χ2n) is 10.9. The van der Waals surface area contributed by atoms with Crippen molar-refractivity contribution in [1.29, 1.82) is 0 Å². The summed E-state index contributed by atoms with van der Waals surface area (Å²) in [5, 5.41) is 19.7. The number of aliphatic hydroxyl groups is 1. The van der Waals surface area contributed by atoms with E-state index in [4.69, 9.17) is 11.5 Å². The highest BCUT2D eigenvalue weighted by atomic mass is 32.2. The van der Waals surface area contributed by atoms with Crippen molar-refractivity contribution in [1.82, 2.24) is 10.6 Å². The lowest BCUT2D eigenvalue weighted by Crippen LogP contribution is -2.46. The second kappa shape index (κ2) is 12.4. The Labute approximate surface area is 239 Å². The van der Waals surface area contributed by atoms with Crippen molar-refractivity contribution in [2.45, 2.75) is 49.8 Å². The van der Waals surface area contributed by atoms with Crippen LogP contribution in [0.4, 0.5) is 11.4 Å². The molecule has 0 bridgehead atoms. The van der Waals surface area contributed by atoms with Crippen molar-refractivity contribution in [3.8, 4) is 0 Å². The molecule has 0 fully saturated rings. The fourth-order valence-corrected chi connectivity index (χ4v) is 5.47. The van der Waals surface area contributed by atoms with Gasteiger partial charge in [0, 0.05) is 39.5 Å². The van der Waals surface area contributed by atoms with E-state index in [1.807, 2.05) is 51.1 Å². The molecule has 0 aromatic heterocycles. The van der Waals surface area contributed by atoms with Gasteiger partial charge in [0.25, 0.3) is 11.8 Å². The monoisotopic (exact) mass is 556 g/mol. The summed E-state index contributed by atoms with van der Waals surface area (Å²) in [5.74, 6) is -0.216. The Hall–Kier alpha value is -4.01. The molecule has 0 radical (unpaired) electrons. The molecule has 0 aliphatic rings. The Bertz CT molecular complexity index is 1520. The van der Waals surface area contributed by atoms with Crippen LogP contribution >= 0.6 is 11.8 Å². The van der Waals surface area contributed by atoms with Crippen molar-refractivity contribution in [3.05, 3.63) is 102 Å². The zero-order valence-electron chi connectivity index (χ0n) is 23.0. The number of anilines is 2. The van der Waals surface area contributed by atoms with Crippen molar-refractivity contribution in [3.63, 3.8) is 0 Å². The first kappa shape index (κ1) is 29.0. The zero-order valence-corrected chi connectivity index (χ0v) is 23.8. The van der Waals surface area contributed by atoms with E-state index in [1.165, 1.54) is 17.8 Å². The highest BCUT2D eigenvalue weighted by Crippen LogP contribution is 2.26. The Balaban J connectivity index is 1.57. The molecular weight excluding hydrogens is 520 g/mol. The van der Waals surface area contributed by atoms with E-state index in [0.29, 0.717) is 22.6 Å². The van der Waals surface area contributed by atoms with Gasteiger partial charge >= 0.3 is 0 Å². The van der Waals surface area contributed by atoms with Crippen LogP contribution in [0, 0.1) is 0 Å². The van der Waals surface area contributed by atoms with E-state index in [1.54, 1.807) is 24.3 Å². The summed E-state index contributed by atoms with van der Waals surface area (Å²) in [6.45, 7) is 5.75. The summed E-state index contributed by atoms with van der Waals surface area (Å²) in [4.78, 5) is 27.2. The lowest BCUT2D eigenvalue weighted by atomic mass is 9.97. The molecule has 0 unspecified atom stereocenters. The molecule has 0 aliphatic carbocycles. The largest absolute Gasteiger partial charge is 0.399 e. The Kier molecular flexibility index (Phi) is 9.02. The first-order chi connectivity index (χ1) is 19.0. The first-order valence-corrected chi connectivity index (χ1v) is 14.1. The Morgan fingerprint density at radius 1 is 0.850 bits per heavy atom. The number of hydrogen-bond donors (Lipinski definition) is 5. The average Bonchev–Trinajstić information content (AvgIpc) is 2.90. The van der Waals surface area contributed by atoms with Crippen LogP contribution in [0.25, 0.3) is 10.8 Å². The van der Waals surface area contributed by atoms with Gasteiger partial charge in [0.05, 0.1) is 17.7 Å². The van der Waals surface area contributed by atoms with Gasteiger partial charge in [0.15, 0.2) is 0 Å². The quantitative estimate of drug-likeness (QED) is 0.145. The summed E-state index contributed by atoms with van der Waals surface area (Å²) in [5.41, 5.74) is 13.7. The Morgan fingerprint density at radius 3 is 2.27 bits per heavy atom. The molecule has 0 heterocycles. The van der Waals surface area contributed by atoms with Gasteiger partial charge in [0.1, 0.15) is 0 Å². The van der Waals surface area contributed by atoms with E-state index in [9.17, 15) is 14.7 Å². The van der Waals surface area contributed by atoms with Crippen LogP contribution in [0.5, 0.6) is 0 Å². The number of aliphatic hydroxyl groups excluding tert-OH is 1. The number of thioether (sulfide) groups is 1. The number of carbonyl (C=O) groups is 2. The summed E-state index contributed by atoms with van der Waals surface area (Å²) >= 11 is 1.54. The molecular formula is C32H36N4O3S. The molecule has 2 atom stereocenters. The smallest absolute Gasteiger partial charge is 0.253 e. The highest BCUT2D eigenvalue weighted by Gasteiger charge is 2.26. The van der Waals surface area contributed by atoms with Crippen LogP contribution in [0.1, 0.15) is 47.1 Å². The molecule has 0 spiro atoms. The number of fused-ring (bicyclic) bond motifs is 1. The van der Waals surface area contributed by atoms with Crippen molar-refractivity contribution in [2.75, 3.05) is 17.2 Å². The van der Waals surface area contributed by atoms with Crippen LogP contribution in [-0.2, 0) is 6.42 Å². The summed E-state index contributed by atoms with van der Waals surface area (Å²) in [6, 6.07) is 25.6. The maximum Gasteiger partial charge on any atom is 0.253 e. The van der Waals surface area contributed by atoms with Crippen molar-refractivity contribution in [2.24, 2.45) is 0 Å². The van der Waals surface area contributed by atoms with Crippen LogP contribution in [0.3, 0.4) is 0 Å². The van der Waals surface area contributed by atoms with Crippen LogP contribution in [-0.4, -0.2) is 40.4 Å². The molecule has 0 saturated heterocycles. The SMILES string of the molecule is CC(C)(C)NC(=O)c1ccccc1C[C@@H](O)[C@H](CSc1ccc2ccccc2c1)NC(=O)c1ccc(N)cc1N. The molecule has 0 aliphatic heterocycles. The molecule has 4 rings (SSSR count). The van der Waals surface area contributed by atoms with Crippen LogP contribution in [0.15, 0.2) is 89.8 Å². The number of hydrogen-bond acceptors (Lipinski definition) is 6. The number of nitrogens with one attached hydrogen (secondary N) is 2. The third kappa shape index (κ3) is 7.55. The van der Waals surface area contributed by atoms with Crippen LogP contribution < -0.4 is 22.1 Å². The third-order valence-electron chi connectivity index (χ3n) is 6.43. The molecule has 4 aromatic rings. The summed E-state index contributed by atoms with van der Waals surface area (Å²) in [6.07, 6.45) is -0.802. The van der Waals surface area contributed by atoms with Gasteiger partial charge in [-0.1, -0.05) is 48.5 Å². The van der Waals surface area contributed by atoms with Gasteiger partial charge in [-0.05, 0) is 73.5 Å². The lowest BCUT2D eigenvalue weighted by Gasteiger charge is -2.26. The van der Waals surface area contributed by atoms with E-state index in [2.05, 4.69) is 34.9 Å². The van der Waals surface area contributed by atoms with Gasteiger partial charge in [0.2, 0.25) is 0 Å². The van der Waals surface area contributed by atoms with E-state index >= 15 is 0 Å². The number of rotatable bonds is 9. The molecule has 4 aromatic carbocycles. The minimum absolute atomic E-state index is 0.175. The third-order valence-corrected chi connectivity index (χ3v) is 7.54. The average molecular weight is 557 g/mol.